The number of aliphatic hydroxyl groups excluding tert-OH is 1. The van der Waals surface area contributed by atoms with Crippen molar-refractivity contribution in [3.8, 4) is 5.75 Å². The van der Waals surface area contributed by atoms with Crippen molar-refractivity contribution in [2.75, 3.05) is 12.4 Å². The van der Waals surface area contributed by atoms with Crippen LogP contribution in [0.25, 0.3) is 0 Å². The van der Waals surface area contributed by atoms with Gasteiger partial charge in [0.05, 0.1) is 19.3 Å². The molecule has 0 amide bonds. The molecule has 0 bridgehead atoms. The SMILES string of the molecule is CCCC1Nc2cccc(OC)c2CC1O. The number of nitrogens with one attached hydrogen (secondary N) is 1. The van der Waals surface area contributed by atoms with Gasteiger partial charge in [-0.3, -0.25) is 0 Å². The summed E-state index contributed by atoms with van der Waals surface area (Å²) in [6.45, 7) is 2.13. The molecule has 0 radical (unpaired) electrons. The summed E-state index contributed by atoms with van der Waals surface area (Å²) in [5, 5.41) is 13.4. The molecule has 1 aromatic rings. The van der Waals surface area contributed by atoms with Gasteiger partial charge in [-0.05, 0) is 18.6 Å². The Morgan fingerprint density at radius 1 is 1.50 bits per heavy atom. The molecule has 0 saturated carbocycles. The van der Waals surface area contributed by atoms with Gasteiger partial charge in [0, 0.05) is 17.7 Å². The van der Waals surface area contributed by atoms with Crippen molar-refractivity contribution in [3.05, 3.63) is 23.8 Å². The van der Waals surface area contributed by atoms with E-state index in [9.17, 15) is 5.11 Å². The van der Waals surface area contributed by atoms with Crippen molar-refractivity contribution >= 4 is 5.69 Å². The van der Waals surface area contributed by atoms with Gasteiger partial charge in [-0.2, -0.15) is 0 Å². The van der Waals surface area contributed by atoms with Crippen LogP contribution in [-0.2, 0) is 6.42 Å². The number of methoxy groups -OCH3 is 1. The van der Waals surface area contributed by atoms with E-state index in [1.807, 2.05) is 18.2 Å². The Hall–Kier alpha value is -1.22. The Balaban J connectivity index is 2.27. The van der Waals surface area contributed by atoms with Gasteiger partial charge in [0.15, 0.2) is 0 Å². The zero-order chi connectivity index (χ0) is 11.5. The van der Waals surface area contributed by atoms with Crippen LogP contribution in [0.15, 0.2) is 18.2 Å². The van der Waals surface area contributed by atoms with Gasteiger partial charge < -0.3 is 15.2 Å². The van der Waals surface area contributed by atoms with Gasteiger partial charge in [-0.15, -0.1) is 0 Å². The van der Waals surface area contributed by atoms with E-state index in [0.717, 1.165) is 29.8 Å². The van der Waals surface area contributed by atoms with E-state index >= 15 is 0 Å². The van der Waals surface area contributed by atoms with Crippen LogP contribution in [0.2, 0.25) is 0 Å². The van der Waals surface area contributed by atoms with E-state index in [1.165, 1.54) is 0 Å². The van der Waals surface area contributed by atoms with E-state index in [0.29, 0.717) is 6.42 Å². The molecule has 1 aliphatic rings. The summed E-state index contributed by atoms with van der Waals surface area (Å²) in [6.07, 6.45) is 2.44. The predicted octanol–water partition coefficient (Wildman–Crippen LogP) is 2.19. The van der Waals surface area contributed by atoms with Crippen molar-refractivity contribution in [1.29, 1.82) is 0 Å². The Bertz CT molecular complexity index is 365. The van der Waals surface area contributed by atoms with Crippen molar-refractivity contribution in [2.45, 2.75) is 38.3 Å². The average Bonchev–Trinajstić information content (AvgIpc) is 2.30. The van der Waals surface area contributed by atoms with Gasteiger partial charge >= 0.3 is 0 Å². The van der Waals surface area contributed by atoms with Gasteiger partial charge in [0.2, 0.25) is 0 Å². The molecule has 0 spiro atoms. The number of benzene rings is 1. The van der Waals surface area contributed by atoms with Crippen molar-refractivity contribution < 1.29 is 9.84 Å². The maximum atomic E-state index is 10.0. The minimum absolute atomic E-state index is 0.171. The third-order valence-electron chi connectivity index (χ3n) is 3.17. The predicted molar refractivity (Wildman–Crippen MR) is 65.0 cm³/mol. The number of hydrogen-bond acceptors (Lipinski definition) is 3. The Kier molecular flexibility index (Phi) is 3.34. The number of aliphatic hydroxyl groups is 1. The van der Waals surface area contributed by atoms with Crippen LogP contribution in [0.4, 0.5) is 5.69 Å². The standard InChI is InChI=1S/C13H19NO2/c1-3-5-11-12(15)8-9-10(14-11)6-4-7-13(9)16-2/h4,6-7,11-12,14-15H,3,5,8H2,1-2H3. The molecule has 1 aromatic carbocycles. The van der Waals surface area contributed by atoms with Crippen LogP contribution >= 0.6 is 0 Å². The zero-order valence-corrected chi connectivity index (χ0v) is 9.86. The molecule has 1 heterocycles. The molecule has 3 nitrogen and oxygen atoms in total. The quantitative estimate of drug-likeness (QED) is 0.822. The molecular formula is C13H19NO2. The van der Waals surface area contributed by atoms with Crippen LogP contribution in [-0.4, -0.2) is 24.4 Å². The first-order chi connectivity index (χ1) is 7.76. The number of anilines is 1. The number of ether oxygens (including phenoxy) is 1. The van der Waals surface area contributed by atoms with E-state index in [-0.39, 0.29) is 12.1 Å². The molecule has 2 rings (SSSR count). The first kappa shape index (κ1) is 11.3. The second-order valence-electron chi connectivity index (χ2n) is 4.30. The molecule has 0 aromatic heterocycles. The number of hydrogen-bond donors (Lipinski definition) is 2. The summed E-state index contributed by atoms with van der Waals surface area (Å²) in [5.74, 6) is 0.860. The highest BCUT2D eigenvalue weighted by Gasteiger charge is 2.27. The lowest BCUT2D eigenvalue weighted by molar-refractivity contribution is 0.142. The normalized spacial score (nSPS) is 23.4. The lowest BCUT2D eigenvalue weighted by atomic mass is 9.92. The molecular weight excluding hydrogens is 202 g/mol. The minimum atomic E-state index is -0.316. The summed E-state index contributed by atoms with van der Waals surface area (Å²) in [5.41, 5.74) is 2.19. The van der Waals surface area contributed by atoms with Crippen molar-refractivity contribution in [1.82, 2.24) is 0 Å². The fourth-order valence-electron chi connectivity index (χ4n) is 2.33. The van der Waals surface area contributed by atoms with E-state index in [2.05, 4.69) is 12.2 Å². The van der Waals surface area contributed by atoms with Gasteiger partial charge in [0.25, 0.3) is 0 Å². The highest BCUT2D eigenvalue weighted by atomic mass is 16.5. The summed E-state index contributed by atoms with van der Waals surface area (Å²) in [7, 11) is 1.67. The highest BCUT2D eigenvalue weighted by molar-refractivity contribution is 5.60. The third kappa shape index (κ3) is 2.00. The summed E-state index contributed by atoms with van der Waals surface area (Å²) < 4.78 is 5.31. The van der Waals surface area contributed by atoms with Gasteiger partial charge in [0.1, 0.15) is 5.75 Å². The molecule has 88 valence electrons. The average molecular weight is 221 g/mol. The van der Waals surface area contributed by atoms with E-state index in [4.69, 9.17) is 4.74 Å². The lowest BCUT2D eigenvalue weighted by Gasteiger charge is -2.32. The molecule has 0 aliphatic carbocycles. The zero-order valence-electron chi connectivity index (χ0n) is 9.86. The van der Waals surface area contributed by atoms with Crippen LogP contribution in [0.3, 0.4) is 0 Å². The van der Waals surface area contributed by atoms with Gasteiger partial charge in [-0.25, -0.2) is 0 Å². The molecule has 2 N–H and O–H groups in total. The van der Waals surface area contributed by atoms with Crippen LogP contribution < -0.4 is 10.1 Å². The Labute approximate surface area is 96.4 Å². The first-order valence-corrected chi connectivity index (χ1v) is 5.86. The third-order valence-corrected chi connectivity index (χ3v) is 3.17. The molecule has 3 heteroatoms. The lowest BCUT2D eigenvalue weighted by Crippen LogP contribution is -2.39. The minimum Gasteiger partial charge on any atom is -0.496 e. The monoisotopic (exact) mass is 221 g/mol. The largest absolute Gasteiger partial charge is 0.496 e. The smallest absolute Gasteiger partial charge is 0.124 e. The topological polar surface area (TPSA) is 41.5 Å². The van der Waals surface area contributed by atoms with Crippen LogP contribution in [0, 0.1) is 0 Å². The maximum Gasteiger partial charge on any atom is 0.124 e. The maximum absolute atomic E-state index is 10.0. The fourth-order valence-corrected chi connectivity index (χ4v) is 2.33. The fraction of sp³-hybridized carbons (Fsp3) is 0.538. The summed E-state index contributed by atoms with van der Waals surface area (Å²) in [6, 6.07) is 6.13. The van der Waals surface area contributed by atoms with Crippen LogP contribution in [0.1, 0.15) is 25.3 Å². The first-order valence-electron chi connectivity index (χ1n) is 5.86. The Morgan fingerprint density at radius 2 is 2.31 bits per heavy atom. The molecule has 2 atom stereocenters. The summed E-state index contributed by atoms with van der Waals surface area (Å²) in [4.78, 5) is 0. The molecule has 1 aliphatic heterocycles. The van der Waals surface area contributed by atoms with Crippen molar-refractivity contribution in [3.63, 3.8) is 0 Å². The molecule has 16 heavy (non-hydrogen) atoms. The summed E-state index contributed by atoms with van der Waals surface area (Å²) >= 11 is 0. The van der Waals surface area contributed by atoms with Crippen LogP contribution in [0.5, 0.6) is 5.75 Å². The van der Waals surface area contributed by atoms with E-state index in [1.54, 1.807) is 7.11 Å². The second-order valence-corrected chi connectivity index (χ2v) is 4.30. The van der Waals surface area contributed by atoms with Crippen molar-refractivity contribution in [2.24, 2.45) is 0 Å². The number of fused-ring (bicyclic) bond motifs is 1. The second kappa shape index (κ2) is 4.74. The molecule has 0 fully saturated rings. The highest BCUT2D eigenvalue weighted by Crippen LogP contribution is 2.33. The number of rotatable bonds is 3. The Morgan fingerprint density at radius 3 is 3.00 bits per heavy atom. The molecule has 0 saturated heterocycles. The molecule has 2 unspecified atom stereocenters. The van der Waals surface area contributed by atoms with Gasteiger partial charge in [-0.1, -0.05) is 19.4 Å². The van der Waals surface area contributed by atoms with E-state index < -0.39 is 0 Å².